The van der Waals surface area contributed by atoms with Crippen LogP contribution in [0.5, 0.6) is 0 Å². The van der Waals surface area contributed by atoms with Gasteiger partial charge in [-0.15, -0.1) is 0 Å². The van der Waals surface area contributed by atoms with Crippen molar-refractivity contribution < 1.29 is 63.1 Å². The first-order valence-electron chi connectivity index (χ1n) is 20.6. The molecule has 0 amide bonds. The monoisotopic (exact) mass is 803 g/mol. The van der Waals surface area contributed by atoms with Crippen molar-refractivity contribution in [1.29, 1.82) is 0 Å². The van der Waals surface area contributed by atoms with Gasteiger partial charge in [-0.3, -0.25) is 4.79 Å². The molecule has 0 aliphatic carbocycles. The minimum atomic E-state index is -1.90. The van der Waals surface area contributed by atoms with Crippen LogP contribution in [0.15, 0.2) is 4.99 Å². The summed E-state index contributed by atoms with van der Waals surface area (Å²) >= 11 is 0. The predicted octanol–water partition coefficient (Wildman–Crippen LogP) is 3.40. The van der Waals surface area contributed by atoms with E-state index in [4.69, 9.17) is 42.9 Å². The van der Waals surface area contributed by atoms with Crippen LogP contribution in [0.25, 0.3) is 0 Å². The highest BCUT2D eigenvalue weighted by molar-refractivity contribution is 5.76. The molecule has 4 fully saturated rings. The van der Waals surface area contributed by atoms with Crippen LogP contribution in [-0.2, 0) is 42.7 Å². The van der Waals surface area contributed by atoms with E-state index in [0.29, 0.717) is 12.4 Å². The lowest BCUT2D eigenvalue weighted by atomic mass is 9.73. The molecule has 19 atom stereocenters. The number of hydrogen-bond acceptors (Lipinski definition) is 14. The Hall–Kier alpha value is -1.66. The van der Waals surface area contributed by atoms with E-state index in [1.807, 2.05) is 53.5 Å². The number of hydrogen-bond donors (Lipinski definition) is 4. The maximum Gasteiger partial charge on any atom is 0.311 e. The first kappa shape index (κ1) is 47.0. The van der Waals surface area contributed by atoms with Gasteiger partial charge < -0.3 is 63.2 Å². The number of amidine groups is 1. The molecule has 0 saturated carbocycles. The average Bonchev–Trinajstić information content (AvgIpc) is 3.44. The highest BCUT2D eigenvalue weighted by atomic mass is 16.7. The van der Waals surface area contributed by atoms with Gasteiger partial charge in [0.1, 0.15) is 17.8 Å². The molecule has 326 valence electrons. The van der Waals surface area contributed by atoms with Crippen molar-refractivity contribution in [1.82, 2.24) is 4.90 Å². The van der Waals surface area contributed by atoms with Crippen LogP contribution in [0.3, 0.4) is 0 Å². The summed E-state index contributed by atoms with van der Waals surface area (Å²) in [6.07, 6.45) is -8.40. The van der Waals surface area contributed by atoms with E-state index in [2.05, 4.69) is 0 Å². The number of esters is 1. The first-order valence-corrected chi connectivity index (χ1v) is 20.6. The van der Waals surface area contributed by atoms with Gasteiger partial charge in [0.2, 0.25) is 0 Å². The first-order chi connectivity index (χ1) is 26.0. The highest BCUT2D eigenvalue weighted by Crippen LogP contribution is 2.43. The van der Waals surface area contributed by atoms with Gasteiger partial charge in [-0.05, 0) is 80.6 Å². The number of rotatable bonds is 8. The summed E-state index contributed by atoms with van der Waals surface area (Å²) in [4.78, 5) is 21.1. The number of aliphatic imine (C=N–C) groups is 1. The number of carbonyl (C=O) groups is 1. The molecule has 0 bridgehead atoms. The lowest BCUT2D eigenvalue weighted by Crippen LogP contribution is -2.61. The number of likely N-dealkylation sites (N-methyl/N-ethyl adjacent to an activating group) is 1. The van der Waals surface area contributed by atoms with Crippen LogP contribution >= 0.6 is 0 Å². The maximum absolute atomic E-state index is 14.3. The second-order valence-corrected chi connectivity index (χ2v) is 18.1. The van der Waals surface area contributed by atoms with Crippen LogP contribution < -0.4 is 0 Å². The molecule has 4 aliphatic rings. The van der Waals surface area contributed by atoms with Crippen molar-refractivity contribution in [2.45, 2.75) is 205 Å². The third kappa shape index (κ3) is 9.53. The standard InChI is InChI=1S/C41H74N2O13/c1-16-28-41(12,48)33(45)23(6)30(44)21(4)18-40(11,50-15)35(56-37-32-27(17-22(5)51-37)43(13)38(55-32)42-20(2)3)24(7)31(25(8)36(47)53-28)54-29-19-39(10,49-14)34(46)26(9)52-29/h20-35,37,44-46,48H,16-19H2,1-15H3/t21-,22-,23+,24+,25-,26+,27+,28-,29+,30+,31+,32-,33-,34+,35-,37-,39-,40-,41-/m1/s1. The van der Waals surface area contributed by atoms with Crippen LogP contribution in [0.1, 0.15) is 109 Å². The SMILES string of the molecule is CC[C@H]1OC(=O)[C@H](C)[C@@H](O[C@H]2C[C@@](C)(OC)[C@@H](O)[C@H](C)O2)[C@H](C)[C@@H](O[C@H]2O[C@H](C)C[C@H]3[C@H]2OC(=NC(C)C)N3C)[C@](C)(OC)C[C@@H](C)[C@H](O)[C@H](C)[C@@H](O)[C@]1(C)O. The molecule has 0 aromatic carbocycles. The summed E-state index contributed by atoms with van der Waals surface area (Å²) in [5.41, 5.74) is -4.08. The van der Waals surface area contributed by atoms with Crippen molar-refractivity contribution >= 4 is 12.0 Å². The largest absolute Gasteiger partial charge is 0.459 e. The zero-order valence-corrected chi connectivity index (χ0v) is 36.5. The Labute approximate surface area is 334 Å². The summed E-state index contributed by atoms with van der Waals surface area (Å²) in [6, 6.07) is 0.406. The molecule has 4 rings (SSSR count). The van der Waals surface area contributed by atoms with Gasteiger partial charge in [-0.25, -0.2) is 4.99 Å². The Morgan fingerprint density at radius 2 is 1.52 bits per heavy atom. The molecular weight excluding hydrogens is 728 g/mol. The minimum absolute atomic E-state index is 0.00325. The zero-order chi connectivity index (χ0) is 42.2. The minimum Gasteiger partial charge on any atom is -0.459 e. The Bertz CT molecular complexity index is 1340. The number of methoxy groups -OCH3 is 2. The van der Waals surface area contributed by atoms with E-state index in [-0.39, 0.29) is 37.5 Å². The van der Waals surface area contributed by atoms with E-state index < -0.39 is 108 Å². The molecule has 15 heteroatoms. The smallest absolute Gasteiger partial charge is 0.311 e. The second kappa shape index (κ2) is 18.3. The third-order valence-corrected chi connectivity index (χ3v) is 13.2. The molecule has 0 radical (unpaired) electrons. The molecular formula is C41H74N2O13. The molecule has 0 unspecified atom stereocenters. The number of aliphatic hydroxyl groups is 4. The molecule has 0 aromatic heterocycles. The van der Waals surface area contributed by atoms with Gasteiger partial charge in [-0.1, -0.05) is 27.7 Å². The predicted molar refractivity (Wildman–Crippen MR) is 208 cm³/mol. The van der Waals surface area contributed by atoms with Crippen LogP contribution in [0, 0.1) is 23.7 Å². The zero-order valence-electron chi connectivity index (χ0n) is 36.5. The molecule has 4 heterocycles. The molecule has 4 N–H and O–H groups in total. The van der Waals surface area contributed by atoms with Crippen molar-refractivity contribution in [3.05, 3.63) is 0 Å². The fraction of sp³-hybridized carbons (Fsp3) is 0.951. The summed E-state index contributed by atoms with van der Waals surface area (Å²) in [5, 5.41) is 46.1. The number of nitrogens with zero attached hydrogens (tertiary/aromatic N) is 2. The van der Waals surface area contributed by atoms with Gasteiger partial charge in [0.15, 0.2) is 18.7 Å². The van der Waals surface area contributed by atoms with Crippen LogP contribution in [0.2, 0.25) is 0 Å². The molecule has 0 aromatic rings. The Morgan fingerprint density at radius 3 is 2.09 bits per heavy atom. The number of aliphatic hydroxyl groups excluding tert-OH is 3. The number of cyclic esters (lactones) is 1. The highest BCUT2D eigenvalue weighted by Gasteiger charge is 2.56. The topological polar surface area (TPSA) is 187 Å². The number of fused-ring (bicyclic) bond motifs is 1. The van der Waals surface area contributed by atoms with E-state index in [0.717, 1.165) is 0 Å². The van der Waals surface area contributed by atoms with Gasteiger partial charge in [-0.2, -0.15) is 0 Å². The van der Waals surface area contributed by atoms with Gasteiger partial charge in [0.05, 0.1) is 59.8 Å². The van der Waals surface area contributed by atoms with Crippen molar-refractivity contribution in [3.63, 3.8) is 0 Å². The fourth-order valence-electron chi connectivity index (χ4n) is 9.44. The molecule has 4 saturated heterocycles. The Balaban J connectivity index is 1.87. The summed E-state index contributed by atoms with van der Waals surface area (Å²) < 4.78 is 51.5. The van der Waals surface area contributed by atoms with Gasteiger partial charge >= 0.3 is 5.97 Å². The van der Waals surface area contributed by atoms with E-state index >= 15 is 0 Å². The van der Waals surface area contributed by atoms with Gasteiger partial charge in [0, 0.05) is 45.6 Å². The Kier molecular flexibility index (Phi) is 15.4. The van der Waals surface area contributed by atoms with Gasteiger partial charge in [0.25, 0.3) is 6.02 Å². The lowest BCUT2D eigenvalue weighted by Gasteiger charge is -2.49. The molecule has 56 heavy (non-hydrogen) atoms. The average molecular weight is 803 g/mol. The summed E-state index contributed by atoms with van der Waals surface area (Å²) in [7, 11) is 5.05. The lowest BCUT2D eigenvalue weighted by molar-refractivity contribution is -0.315. The van der Waals surface area contributed by atoms with E-state index in [1.165, 1.54) is 14.0 Å². The number of ether oxygens (including phenoxy) is 8. The fourth-order valence-corrected chi connectivity index (χ4v) is 9.44. The molecule has 0 spiro atoms. The maximum atomic E-state index is 14.3. The Morgan fingerprint density at radius 1 is 0.893 bits per heavy atom. The quantitative estimate of drug-likeness (QED) is 0.262. The van der Waals surface area contributed by atoms with E-state index in [1.54, 1.807) is 41.7 Å². The summed E-state index contributed by atoms with van der Waals surface area (Å²) in [5.74, 6) is -3.60. The van der Waals surface area contributed by atoms with Crippen molar-refractivity contribution in [2.24, 2.45) is 28.7 Å². The van der Waals surface area contributed by atoms with Crippen LogP contribution in [-0.4, -0.2) is 155 Å². The van der Waals surface area contributed by atoms with E-state index in [9.17, 15) is 25.2 Å². The number of carbonyl (C=O) groups excluding carboxylic acids is 1. The van der Waals surface area contributed by atoms with Crippen molar-refractivity contribution in [3.8, 4) is 0 Å². The van der Waals surface area contributed by atoms with Crippen LogP contribution in [0.4, 0.5) is 0 Å². The molecule has 15 nitrogen and oxygen atoms in total. The van der Waals surface area contributed by atoms with Crippen molar-refractivity contribution in [2.75, 3.05) is 21.3 Å². The third-order valence-electron chi connectivity index (χ3n) is 13.2. The second-order valence-electron chi connectivity index (χ2n) is 18.1. The normalized spacial score (nSPS) is 49.3. The molecule has 4 aliphatic heterocycles. The summed E-state index contributed by atoms with van der Waals surface area (Å²) in [6.45, 7) is 21.7.